The third kappa shape index (κ3) is 2.10. The van der Waals surface area contributed by atoms with Gasteiger partial charge in [-0.25, -0.2) is 0 Å². The van der Waals surface area contributed by atoms with Crippen LogP contribution in [0.3, 0.4) is 0 Å². The lowest BCUT2D eigenvalue weighted by molar-refractivity contribution is 0.390. The van der Waals surface area contributed by atoms with Gasteiger partial charge in [-0.05, 0) is 33.3 Å². The van der Waals surface area contributed by atoms with Crippen molar-refractivity contribution < 1.29 is 0 Å². The van der Waals surface area contributed by atoms with Crippen LogP contribution in [0.4, 0.5) is 0 Å². The molecular formula is C10H19N3. The fourth-order valence-corrected chi connectivity index (χ4v) is 1.58. The van der Waals surface area contributed by atoms with Gasteiger partial charge < -0.3 is 5.73 Å². The first kappa shape index (κ1) is 10.3. The topological polar surface area (TPSA) is 43.8 Å². The second-order valence-corrected chi connectivity index (χ2v) is 3.68. The molecule has 2 unspecified atom stereocenters. The summed E-state index contributed by atoms with van der Waals surface area (Å²) in [5.41, 5.74) is 8.22. The third-order valence-corrected chi connectivity index (χ3v) is 2.52. The molecule has 0 aliphatic heterocycles. The highest BCUT2D eigenvalue weighted by Gasteiger charge is 2.15. The average Bonchev–Trinajstić information content (AvgIpc) is 2.42. The van der Waals surface area contributed by atoms with E-state index in [9.17, 15) is 0 Å². The van der Waals surface area contributed by atoms with E-state index in [0.29, 0.717) is 6.04 Å². The zero-order valence-corrected chi connectivity index (χ0v) is 8.91. The minimum atomic E-state index is 0.193. The van der Waals surface area contributed by atoms with Crippen molar-refractivity contribution in [3.8, 4) is 0 Å². The Morgan fingerprint density at radius 1 is 1.54 bits per heavy atom. The van der Waals surface area contributed by atoms with E-state index in [2.05, 4.69) is 31.9 Å². The highest BCUT2D eigenvalue weighted by molar-refractivity contribution is 5.07. The molecule has 3 heteroatoms. The molecular weight excluding hydrogens is 162 g/mol. The van der Waals surface area contributed by atoms with Gasteiger partial charge in [0, 0.05) is 11.7 Å². The summed E-state index contributed by atoms with van der Waals surface area (Å²) in [5, 5.41) is 4.42. The van der Waals surface area contributed by atoms with Crippen molar-refractivity contribution in [3.63, 3.8) is 0 Å². The summed E-state index contributed by atoms with van der Waals surface area (Å²) in [6.07, 6.45) is 0.986. The zero-order chi connectivity index (χ0) is 10.0. The standard InChI is InChI=1S/C10H19N3/c1-5-10(11)9(4)13-8(3)6-7(2)12-13/h6,9-10H,5,11H2,1-4H3. The Morgan fingerprint density at radius 3 is 2.54 bits per heavy atom. The van der Waals surface area contributed by atoms with Gasteiger partial charge in [0.1, 0.15) is 0 Å². The lowest BCUT2D eigenvalue weighted by Crippen LogP contribution is -2.30. The largest absolute Gasteiger partial charge is 0.326 e. The molecule has 1 aromatic heterocycles. The highest BCUT2D eigenvalue weighted by atomic mass is 15.3. The quantitative estimate of drug-likeness (QED) is 0.772. The fraction of sp³-hybridized carbons (Fsp3) is 0.700. The van der Waals surface area contributed by atoms with Crippen LogP contribution in [0.15, 0.2) is 6.07 Å². The van der Waals surface area contributed by atoms with E-state index < -0.39 is 0 Å². The summed E-state index contributed by atoms with van der Waals surface area (Å²) in [7, 11) is 0. The van der Waals surface area contributed by atoms with Gasteiger partial charge in [0.2, 0.25) is 0 Å². The third-order valence-electron chi connectivity index (χ3n) is 2.52. The number of aryl methyl sites for hydroxylation is 2. The Labute approximate surface area is 79.9 Å². The van der Waals surface area contributed by atoms with E-state index in [0.717, 1.165) is 12.1 Å². The first-order valence-corrected chi connectivity index (χ1v) is 4.84. The van der Waals surface area contributed by atoms with Crippen LogP contribution in [0.5, 0.6) is 0 Å². The van der Waals surface area contributed by atoms with Crippen molar-refractivity contribution in [1.29, 1.82) is 0 Å². The molecule has 3 nitrogen and oxygen atoms in total. The van der Waals surface area contributed by atoms with Gasteiger partial charge in [0.05, 0.1) is 11.7 Å². The van der Waals surface area contributed by atoms with Gasteiger partial charge in [-0.2, -0.15) is 5.10 Å². The maximum atomic E-state index is 5.97. The summed E-state index contributed by atoms with van der Waals surface area (Å²) in [6, 6.07) is 2.57. The molecule has 0 radical (unpaired) electrons. The van der Waals surface area contributed by atoms with Crippen LogP contribution in [0, 0.1) is 13.8 Å². The number of nitrogens with zero attached hydrogens (tertiary/aromatic N) is 2. The van der Waals surface area contributed by atoms with Crippen LogP contribution in [-0.2, 0) is 0 Å². The van der Waals surface area contributed by atoms with Gasteiger partial charge in [-0.15, -0.1) is 0 Å². The number of hydrogen-bond donors (Lipinski definition) is 1. The van der Waals surface area contributed by atoms with E-state index >= 15 is 0 Å². The second kappa shape index (κ2) is 3.92. The van der Waals surface area contributed by atoms with E-state index in [1.165, 1.54) is 5.69 Å². The van der Waals surface area contributed by atoms with Gasteiger partial charge in [0.15, 0.2) is 0 Å². The molecule has 0 aliphatic carbocycles. The highest BCUT2D eigenvalue weighted by Crippen LogP contribution is 2.14. The van der Waals surface area contributed by atoms with Crippen LogP contribution in [0.2, 0.25) is 0 Å². The van der Waals surface area contributed by atoms with Crippen molar-refractivity contribution in [2.45, 2.75) is 46.2 Å². The SMILES string of the molecule is CCC(N)C(C)n1nc(C)cc1C. The Balaban J connectivity index is 2.87. The zero-order valence-electron chi connectivity index (χ0n) is 8.91. The Morgan fingerprint density at radius 2 is 2.15 bits per heavy atom. The second-order valence-electron chi connectivity index (χ2n) is 3.68. The van der Waals surface area contributed by atoms with Gasteiger partial charge in [-0.3, -0.25) is 4.68 Å². The molecule has 2 N–H and O–H groups in total. The minimum absolute atomic E-state index is 0.193. The molecule has 0 saturated carbocycles. The number of rotatable bonds is 3. The first-order valence-electron chi connectivity index (χ1n) is 4.84. The fourth-order valence-electron chi connectivity index (χ4n) is 1.58. The van der Waals surface area contributed by atoms with Gasteiger partial charge in [0.25, 0.3) is 0 Å². The lowest BCUT2D eigenvalue weighted by atomic mass is 10.1. The predicted molar refractivity (Wildman–Crippen MR) is 54.7 cm³/mol. The van der Waals surface area contributed by atoms with E-state index in [1.807, 2.05) is 11.6 Å². The number of hydrogen-bond acceptors (Lipinski definition) is 2. The summed E-state index contributed by atoms with van der Waals surface area (Å²) < 4.78 is 2.02. The number of aromatic nitrogens is 2. The van der Waals surface area contributed by atoms with Crippen LogP contribution in [-0.4, -0.2) is 15.8 Å². The van der Waals surface area contributed by atoms with E-state index in [-0.39, 0.29) is 6.04 Å². The van der Waals surface area contributed by atoms with Crippen molar-refractivity contribution in [3.05, 3.63) is 17.5 Å². The lowest BCUT2D eigenvalue weighted by Gasteiger charge is -2.20. The van der Waals surface area contributed by atoms with Crippen LogP contribution in [0.25, 0.3) is 0 Å². The average molecular weight is 181 g/mol. The molecule has 2 atom stereocenters. The predicted octanol–water partition coefficient (Wildman–Crippen LogP) is 1.80. The Bertz CT molecular complexity index is 278. The smallest absolute Gasteiger partial charge is 0.0644 e. The molecule has 1 aromatic rings. The van der Waals surface area contributed by atoms with Crippen LogP contribution >= 0.6 is 0 Å². The summed E-state index contributed by atoms with van der Waals surface area (Å²) in [6.45, 7) is 8.30. The van der Waals surface area contributed by atoms with Crippen molar-refractivity contribution in [1.82, 2.24) is 9.78 Å². The molecule has 0 bridgehead atoms. The van der Waals surface area contributed by atoms with Gasteiger partial charge in [-0.1, -0.05) is 6.92 Å². The van der Waals surface area contributed by atoms with Crippen molar-refractivity contribution >= 4 is 0 Å². The first-order chi connectivity index (χ1) is 6.06. The molecule has 13 heavy (non-hydrogen) atoms. The minimum Gasteiger partial charge on any atom is -0.326 e. The summed E-state index contributed by atoms with van der Waals surface area (Å²) >= 11 is 0. The van der Waals surface area contributed by atoms with E-state index in [4.69, 9.17) is 5.73 Å². The molecule has 0 aliphatic rings. The maximum Gasteiger partial charge on any atom is 0.0644 e. The Hall–Kier alpha value is -0.830. The molecule has 1 heterocycles. The van der Waals surface area contributed by atoms with Crippen LogP contribution in [0.1, 0.15) is 37.7 Å². The molecule has 0 aromatic carbocycles. The van der Waals surface area contributed by atoms with Crippen molar-refractivity contribution in [2.75, 3.05) is 0 Å². The van der Waals surface area contributed by atoms with Gasteiger partial charge >= 0.3 is 0 Å². The molecule has 0 spiro atoms. The summed E-state index contributed by atoms with van der Waals surface area (Å²) in [5.74, 6) is 0. The van der Waals surface area contributed by atoms with Crippen LogP contribution < -0.4 is 5.73 Å². The monoisotopic (exact) mass is 181 g/mol. The Kier molecular flexibility index (Phi) is 3.09. The molecule has 74 valence electrons. The summed E-state index contributed by atoms with van der Waals surface area (Å²) in [4.78, 5) is 0. The molecule has 1 rings (SSSR count). The normalized spacial score (nSPS) is 15.8. The van der Waals surface area contributed by atoms with E-state index in [1.54, 1.807) is 0 Å². The van der Waals surface area contributed by atoms with Crippen molar-refractivity contribution in [2.24, 2.45) is 5.73 Å². The number of nitrogens with two attached hydrogens (primary N) is 1. The molecule has 0 saturated heterocycles. The molecule has 0 fully saturated rings. The maximum absolute atomic E-state index is 5.97. The molecule has 0 amide bonds.